The van der Waals surface area contributed by atoms with Gasteiger partial charge in [-0.1, -0.05) is 0 Å². The number of fused-ring (bicyclic) bond motifs is 1. The van der Waals surface area contributed by atoms with Gasteiger partial charge in [0, 0.05) is 17.8 Å². The zero-order valence-electron chi connectivity index (χ0n) is 6.41. The normalized spacial score (nSPS) is 9.92. The van der Waals surface area contributed by atoms with Gasteiger partial charge in [0.1, 0.15) is 5.65 Å². The molecule has 0 unspecified atom stereocenters. The van der Waals surface area contributed by atoms with E-state index in [0.29, 0.717) is 6.42 Å². The number of aromatic amines is 1. The van der Waals surface area contributed by atoms with Crippen molar-refractivity contribution in [3.63, 3.8) is 0 Å². The molecule has 0 atom stereocenters. The maximum absolute atomic E-state index is 8.46. The minimum Gasteiger partial charge on any atom is -0.346 e. The third-order valence-electron chi connectivity index (χ3n) is 1.74. The average Bonchev–Trinajstić information content (AvgIpc) is 2.51. The number of pyridine rings is 1. The Labute approximate surface area is 69.7 Å². The van der Waals surface area contributed by atoms with Crippen LogP contribution in [0, 0.1) is 11.3 Å². The van der Waals surface area contributed by atoms with Gasteiger partial charge in [-0.3, -0.25) is 0 Å². The van der Waals surface area contributed by atoms with Crippen LogP contribution in [0.25, 0.3) is 11.0 Å². The second-order valence-electron chi connectivity index (χ2n) is 2.59. The van der Waals surface area contributed by atoms with Gasteiger partial charge in [0.25, 0.3) is 0 Å². The largest absolute Gasteiger partial charge is 0.346 e. The Morgan fingerprint density at radius 2 is 2.50 bits per heavy atom. The molecular formula is C9H7N3. The smallest absolute Gasteiger partial charge is 0.137 e. The van der Waals surface area contributed by atoms with Crippen molar-refractivity contribution >= 4 is 11.0 Å². The number of aromatic nitrogens is 2. The van der Waals surface area contributed by atoms with E-state index in [1.165, 1.54) is 0 Å². The first-order chi connectivity index (χ1) is 5.90. The van der Waals surface area contributed by atoms with E-state index in [2.05, 4.69) is 16.0 Å². The van der Waals surface area contributed by atoms with Crippen LogP contribution in [0.1, 0.15) is 5.56 Å². The first kappa shape index (κ1) is 6.86. The minimum absolute atomic E-state index is 0.425. The van der Waals surface area contributed by atoms with E-state index in [4.69, 9.17) is 5.26 Å². The first-order valence-electron chi connectivity index (χ1n) is 3.69. The standard InChI is InChI=1S/C9H7N3/c10-3-1-7-5-8-2-4-11-9(8)12-6-7/h2,4-6H,1H2,(H,11,12). The summed E-state index contributed by atoms with van der Waals surface area (Å²) in [4.78, 5) is 7.15. The Bertz CT molecular complexity index is 436. The molecule has 0 aromatic carbocycles. The summed E-state index contributed by atoms with van der Waals surface area (Å²) in [6.45, 7) is 0. The average molecular weight is 157 g/mol. The molecule has 0 aliphatic heterocycles. The van der Waals surface area contributed by atoms with Crippen LogP contribution in [-0.2, 0) is 6.42 Å². The van der Waals surface area contributed by atoms with Crippen molar-refractivity contribution in [1.29, 1.82) is 5.26 Å². The predicted molar refractivity (Wildman–Crippen MR) is 45.4 cm³/mol. The molecule has 2 rings (SSSR count). The molecule has 0 fully saturated rings. The summed E-state index contributed by atoms with van der Waals surface area (Å²) >= 11 is 0. The second-order valence-corrected chi connectivity index (χ2v) is 2.59. The van der Waals surface area contributed by atoms with Gasteiger partial charge in [0.2, 0.25) is 0 Å². The summed E-state index contributed by atoms with van der Waals surface area (Å²) in [5.41, 5.74) is 1.83. The summed E-state index contributed by atoms with van der Waals surface area (Å²) < 4.78 is 0. The number of hydrogen-bond acceptors (Lipinski definition) is 2. The molecule has 0 bridgehead atoms. The van der Waals surface area contributed by atoms with Crippen LogP contribution in [0.3, 0.4) is 0 Å². The quantitative estimate of drug-likeness (QED) is 0.684. The molecule has 1 N–H and O–H groups in total. The van der Waals surface area contributed by atoms with Gasteiger partial charge in [-0.05, 0) is 17.7 Å². The zero-order valence-corrected chi connectivity index (χ0v) is 6.41. The van der Waals surface area contributed by atoms with Gasteiger partial charge >= 0.3 is 0 Å². The van der Waals surface area contributed by atoms with Crippen LogP contribution in [0.4, 0.5) is 0 Å². The van der Waals surface area contributed by atoms with Crippen molar-refractivity contribution in [2.45, 2.75) is 6.42 Å². The van der Waals surface area contributed by atoms with E-state index in [-0.39, 0.29) is 0 Å². The molecule has 0 saturated carbocycles. The van der Waals surface area contributed by atoms with E-state index in [1.54, 1.807) is 6.20 Å². The summed E-state index contributed by atoms with van der Waals surface area (Å²) in [5, 5.41) is 9.51. The lowest BCUT2D eigenvalue weighted by Gasteiger charge is -1.92. The fraction of sp³-hybridized carbons (Fsp3) is 0.111. The van der Waals surface area contributed by atoms with Gasteiger partial charge in [-0.15, -0.1) is 0 Å². The third kappa shape index (κ3) is 1.04. The third-order valence-corrected chi connectivity index (χ3v) is 1.74. The van der Waals surface area contributed by atoms with Crippen molar-refractivity contribution in [2.75, 3.05) is 0 Å². The molecular weight excluding hydrogens is 150 g/mol. The zero-order chi connectivity index (χ0) is 8.39. The number of H-pyrrole nitrogens is 1. The summed E-state index contributed by atoms with van der Waals surface area (Å²) in [6, 6.07) is 6.01. The lowest BCUT2D eigenvalue weighted by atomic mass is 10.2. The molecule has 0 radical (unpaired) electrons. The van der Waals surface area contributed by atoms with E-state index >= 15 is 0 Å². The Kier molecular flexibility index (Phi) is 1.52. The maximum atomic E-state index is 8.46. The summed E-state index contributed by atoms with van der Waals surface area (Å²) in [7, 11) is 0. The SMILES string of the molecule is N#CCc1cnc2[nH]ccc2c1. The number of rotatable bonds is 1. The second kappa shape index (κ2) is 2.67. The van der Waals surface area contributed by atoms with Crippen LogP contribution in [0.2, 0.25) is 0 Å². The maximum Gasteiger partial charge on any atom is 0.137 e. The van der Waals surface area contributed by atoms with E-state index in [9.17, 15) is 0 Å². The van der Waals surface area contributed by atoms with Crippen LogP contribution in [0.15, 0.2) is 24.5 Å². The molecule has 3 heteroatoms. The number of hydrogen-bond donors (Lipinski definition) is 1. The van der Waals surface area contributed by atoms with Crippen LogP contribution < -0.4 is 0 Å². The molecule has 0 aliphatic carbocycles. The fourth-order valence-electron chi connectivity index (χ4n) is 1.17. The van der Waals surface area contributed by atoms with E-state index in [1.807, 2.05) is 18.3 Å². The Balaban J connectivity index is 2.54. The number of nitriles is 1. The molecule has 2 heterocycles. The summed E-state index contributed by atoms with van der Waals surface area (Å²) in [5.74, 6) is 0. The first-order valence-corrected chi connectivity index (χ1v) is 3.69. The van der Waals surface area contributed by atoms with Crippen molar-refractivity contribution in [2.24, 2.45) is 0 Å². The van der Waals surface area contributed by atoms with Crippen molar-refractivity contribution < 1.29 is 0 Å². The fourth-order valence-corrected chi connectivity index (χ4v) is 1.17. The molecule has 58 valence electrons. The van der Waals surface area contributed by atoms with Crippen LogP contribution in [-0.4, -0.2) is 9.97 Å². The van der Waals surface area contributed by atoms with Crippen LogP contribution in [0.5, 0.6) is 0 Å². The number of nitrogens with one attached hydrogen (secondary N) is 1. The van der Waals surface area contributed by atoms with Crippen molar-refractivity contribution in [3.8, 4) is 6.07 Å². The van der Waals surface area contributed by atoms with Crippen molar-refractivity contribution in [3.05, 3.63) is 30.1 Å². The number of nitrogens with zero attached hydrogens (tertiary/aromatic N) is 2. The molecule has 0 spiro atoms. The topological polar surface area (TPSA) is 52.5 Å². The Morgan fingerprint density at radius 1 is 1.58 bits per heavy atom. The van der Waals surface area contributed by atoms with Gasteiger partial charge in [0.15, 0.2) is 0 Å². The van der Waals surface area contributed by atoms with Gasteiger partial charge in [-0.2, -0.15) is 5.26 Å². The molecule has 12 heavy (non-hydrogen) atoms. The molecule has 3 nitrogen and oxygen atoms in total. The molecule has 2 aromatic heterocycles. The van der Waals surface area contributed by atoms with Gasteiger partial charge in [-0.25, -0.2) is 4.98 Å². The molecule has 0 amide bonds. The lowest BCUT2D eigenvalue weighted by molar-refractivity contribution is 1.21. The monoisotopic (exact) mass is 157 g/mol. The predicted octanol–water partition coefficient (Wildman–Crippen LogP) is 1.63. The Morgan fingerprint density at radius 3 is 3.33 bits per heavy atom. The van der Waals surface area contributed by atoms with Gasteiger partial charge in [0.05, 0.1) is 12.5 Å². The van der Waals surface area contributed by atoms with E-state index in [0.717, 1.165) is 16.6 Å². The van der Waals surface area contributed by atoms with Crippen LogP contribution >= 0.6 is 0 Å². The highest BCUT2D eigenvalue weighted by atomic mass is 14.8. The lowest BCUT2D eigenvalue weighted by Crippen LogP contribution is -1.83. The highest BCUT2D eigenvalue weighted by Crippen LogP contribution is 2.10. The molecule has 0 saturated heterocycles. The Hall–Kier alpha value is -1.82. The summed E-state index contributed by atoms with van der Waals surface area (Å²) in [6.07, 6.45) is 3.99. The highest BCUT2D eigenvalue weighted by molar-refractivity contribution is 5.75. The molecule has 2 aromatic rings. The molecule has 0 aliphatic rings. The van der Waals surface area contributed by atoms with E-state index < -0.39 is 0 Å². The highest BCUT2D eigenvalue weighted by Gasteiger charge is 1.96. The van der Waals surface area contributed by atoms with Crippen molar-refractivity contribution in [1.82, 2.24) is 9.97 Å². The van der Waals surface area contributed by atoms with Gasteiger partial charge < -0.3 is 4.98 Å². The minimum atomic E-state index is 0.425.